The molecule has 0 bridgehead atoms. The lowest BCUT2D eigenvalue weighted by molar-refractivity contribution is -0.823. The van der Waals surface area contributed by atoms with Crippen LogP contribution in [0.3, 0.4) is 0 Å². The first kappa shape index (κ1) is 74.8. The fourth-order valence-corrected chi connectivity index (χ4v) is 9.34. The minimum Gasteiger partial charge on any atom is -0.726 e. The maximum atomic E-state index is 11.0. The van der Waals surface area contributed by atoms with Crippen molar-refractivity contribution in [2.75, 3.05) is 0 Å². The Balaban J connectivity index is -0.00000120. The van der Waals surface area contributed by atoms with E-state index in [0.29, 0.717) is 0 Å². The summed E-state index contributed by atoms with van der Waals surface area (Å²) in [4.78, 5) is 11.3. The monoisotopic (exact) mass is 1310 g/mol. The Kier molecular flexibility index (Phi) is 31.6. The van der Waals surface area contributed by atoms with Gasteiger partial charge in [0.15, 0.2) is 55.9 Å². The van der Waals surface area contributed by atoms with Gasteiger partial charge in [-0.2, -0.15) is 12.6 Å². The highest BCUT2D eigenvalue weighted by atomic mass is 32.3. The molecule has 48 nitrogen and oxygen atoms in total. The van der Waals surface area contributed by atoms with Crippen molar-refractivity contribution in [1.29, 1.82) is 0 Å². The van der Waals surface area contributed by atoms with Crippen LogP contribution in [-0.2, 0) is 199 Å². The molecule has 0 aromatic rings. The Morgan fingerprint density at radius 3 is 0.375 bits per heavy atom. The smallest absolute Gasteiger partial charge is 0.218 e. The Hall–Kier alpha value is -1.47. The third kappa shape index (κ3) is 30.9. The molecule has 72 heavy (non-hydrogen) atoms. The molecule has 0 spiro atoms. The lowest BCUT2D eigenvalue weighted by Gasteiger charge is -2.48. The molecule has 0 aromatic heterocycles. The van der Waals surface area contributed by atoms with Gasteiger partial charge in [-0.1, -0.05) is 0 Å². The molecule has 2 rings (SSSR count). The zero-order valence-electron chi connectivity index (χ0n) is 31.4. The first-order valence-corrected chi connectivity index (χ1v) is 27.3. The van der Waals surface area contributed by atoms with E-state index in [1.54, 1.807) is 0 Å². The van der Waals surface area contributed by atoms with Gasteiger partial charge in [0.1, 0.15) is 54.9 Å². The molecule has 0 amide bonds. The number of hydrogen-bond donors (Lipinski definition) is 0. The Bertz CT molecular complexity index is 2540. The van der Waals surface area contributed by atoms with Gasteiger partial charge in [-0.05, 0) is 0 Å². The van der Waals surface area contributed by atoms with Crippen molar-refractivity contribution in [3.8, 4) is 0 Å². The molecule has 0 saturated heterocycles. The minimum atomic E-state index is -6.27. The third-order valence-electron chi connectivity index (χ3n) is 6.40. The van der Waals surface area contributed by atoms with E-state index >= 15 is 0 Å². The minimum absolute atomic E-state index is 2.77. The van der Waals surface area contributed by atoms with Crippen molar-refractivity contribution < 1.29 is 213 Å². The zero-order valence-corrected chi connectivity index (χ0v) is 41.2. The van der Waals surface area contributed by atoms with Crippen LogP contribution < -0.4 is 15.8 Å². The summed E-state index contributed by atoms with van der Waals surface area (Å²) in [7, 11) is -55.5. The van der Waals surface area contributed by atoms with Crippen LogP contribution in [-0.4, -0.2) is 203 Å². The lowest BCUT2D eigenvalue weighted by Crippen LogP contribution is -2.68. The van der Waals surface area contributed by atoms with Crippen LogP contribution in [0, 0.1) is 0 Å². The first-order chi connectivity index (χ1) is 32.2. The van der Waals surface area contributed by atoms with E-state index in [1.807, 2.05) is 0 Å². The molecule has 2 aliphatic rings. The highest BCUT2D eigenvalue weighted by molar-refractivity contribution is 7.82. The molecular weight excluding hydrogens is 1300 g/mol. The topological polar surface area (TPSA) is 774 Å². The van der Waals surface area contributed by atoms with Gasteiger partial charge in [-0.15, -0.1) is 0 Å². The number of rotatable bonds is 24. The summed E-state index contributed by atoms with van der Waals surface area (Å²) in [6, 6.07) is 0. The molecular formula is C12H12O48S12-12. The SMILES string of the molecule is O=S.O=S.O=S.O=S(=O)([O-])OC1C(OO[O-])C(OO[O-])C(OS(=O)(=O)[O-])C(OS(=O)(=O)[O-])C1OS(=O)(=O)[O-].O=S(=O)([O-])OC1C(OO[O-])C(OS(=O)(=O)[O-])C(OS(=O)(=O)[O-])C(OS(=O)(=O)[O-])C1OS(=O)(=O)[O-]. The average molecular weight is 1310 g/mol. The normalized spacial score (nSPS) is 27.7. The van der Waals surface area contributed by atoms with E-state index < -0.39 is 167 Å². The molecule has 10 atom stereocenters. The first-order valence-electron chi connectivity index (χ1n) is 14.3. The van der Waals surface area contributed by atoms with E-state index in [4.69, 9.17) is 12.6 Å². The summed E-state index contributed by atoms with van der Waals surface area (Å²) in [5, 5.41) is 39.6. The van der Waals surface area contributed by atoms with Gasteiger partial charge < -0.3 is 56.7 Å². The van der Waals surface area contributed by atoms with Crippen molar-refractivity contribution in [3.63, 3.8) is 0 Å². The third-order valence-corrected chi connectivity index (χ3v) is 10.5. The fraction of sp³-hybridized carbons (Fsp3) is 1.00. The van der Waals surface area contributed by atoms with E-state index in [9.17, 15) is 133 Å². The maximum Gasteiger partial charge on any atom is 0.218 e. The summed E-state index contributed by atoms with van der Waals surface area (Å²) < 4.78 is 354. The lowest BCUT2D eigenvalue weighted by atomic mass is 9.85. The van der Waals surface area contributed by atoms with Gasteiger partial charge >= 0.3 is 0 Å². The zero-order chi connectivity index (χ0) is 58.0. The molecule has 60 heteroatoms. The standard InChI is InChI=1S/C6H12O23S5.C6H12O22S4.3OS/c7-29-23-1-2(24-30(8,9)10)4(26-32(14,15)16)6(28-34(20,21)22)5(27-33(17,18)19)3(1)25-31(11,12)13;7-27-21-1-2(22-28-8)4(24-30(12,13)14)6(26-32(18,19)20)5(25-31(15,16)17)3(1)23-29(9,10)11;3*1-2/h1-7H,(H,8,9,10)(H,11,12,13)(H,14,15,16)(H,17,18,19)(H,20,21,22);1-8H,(H,9,10,11)(H,12,13,14)(H,15,16,17)(H,18,19,20);;;/p-12. The summed E-state index contributed by atoms with van der Waals surface area (Å²) in [6.45, 7) is 0. The Labute approximate surface area is 414 Å². The second-order valence-corrected chi connectivity index (χ2v) is 19.7. The van der Waals surface area contributed by atoms with E-state index in [2.05, 4.69) is 105 Å². The summed E-state index contributed by atoms with van der Waals surface area (Å²) in [5.74, 6) is 0. The van der Waals surface area contributed by atoms with Crippen molar-refractivity contribution in [2.24, 2.45) is 0 Å². The van der Waals surface area contributed by atoms with Gasteiger partial charge in [0.2, 0.25) is 93.6 Å². The second kappa shape index (κ2) is 30.5. The predicted molar refractivity (Wildman–Crippen MR) is 173 cm³/mol. The van der Waals surface area contributed by atoms with Crippen LogP contribution in [0.1, 0.15) is 0 Å². The van der Waals surface area contributed by atoms with Gasteiger partial charge in [0.05, 0.1) is 0 Å². The molecule has 0 heterocycles. The van der Waals surface area contributed by atoms with Gasteiger partial charge in [0, 0.05) is 0 Å². The molecule has 2 fully saturated rings. The molecule has 10 unspecified atom stereocenters. The average Bonchev–Trinajstić information content (AvgIpc) is 3.15. The van der Waals surface area contributed by atoms with E-state index in [-0.39, 0.29) is 0 Å². The summed E-state index contributed by atoms with van der Waals surface area (Å²) >= 11 is 8.50. The quantitative estimate of drug-likeness (QED) is 0.0375. The van der Waals surface area contributed by atoms with E-state index in [0.717, 1.165) is 0 Å². The molecule has 432 valence electrons. The van der Waals surface area contributed by atoms with Crippen LogP contribution >= 0.6 is 0 Å². The maximum absolute atomic E-state index is 11.0. The molecule has 0 aromatic carbocycles. The molecule has 2 aliphatic carbocycles. The van der Waals surface area contributed by atoms with Crippen molar-refractivity contribution in [1.82, 2.24) is 0 Å². The van der Waals surface area contributed by atoms with Crippen LogP contribution in [0.4, 0.5) is 0 Å². The van der Waals surface area contributed by atoms with Gasteiger partial charge in [-0.25, -0.2) is 90.4 Å². The summed E-state index contributed by atoms with van der Waals surface area (Å²) in [6.07, 6.45) is -38.7. The van der Waals surface area contributed by atoms with Crippen LogP contribution in [0.25, 0.3) is 0 Å². The molecule has 2 saturated carbocycles. The highest BCUT2D eigenvalue weighted by Crippen LogP contribution is 2.38. The van der Waals surface area contributed by atoms with Gasteiger partial charge in [0.25, 0.3) is 0 Å². The van der Waals surface area contributed by atoms with Gasteiger partial charge in [-0.3, -0.25) is 52.8 Å². The van der Waals surface area contributed by atoms with Crippen LogP contribution in [0.2, 0.25) is 0 Å². The molecule has 0 aliphatic heterocycles. The Morgan fingerprint density at radius 1 is 0.208 bits per heavy atom. The Morgan fingerprint density at radius 2 is 0.292 bits per heavy atom. The van der Waals surface area contributed by atoms with Crippen molar-refractivity contribution in [2.45, 2.75) is 73.2 Å². The highest BCUT2D eigenvalue weighted by Gasteiger charge is 2.61. The fourth-order valence-electron chi connectivity index (χ4n) is 4.92. The van der Waals surface area contributed by atoms with Crippen molar-refractivity contribution in [3.05, 3.63) is 0 Å². The predicted octanol–water partition coefficient (Wildman–Crippen LogP) is -15.6. The summed E-state index contributed by atoms with van der Waals surface area (Å²) in [5.41, 5.74) is 0. The van der Waals surface area contributed by atoms with E-state index in [1.165, 1.54) is 0 Å². The molecule has 0 N–H and O–H groups in total. The molecule has 0 radical (unpaired) electrons. The largest absolute Gasteiger partial charge is 0.726 e. The second-order valence-electron chi connectivity index (χ2n) is 10.6. The van der Waals surface area contributed by atoms with Crippen LogP contribution in [0.15, 0.2) is 0 Å². The van der Waals surface area contributed by atoms with Crippen molar-refractivity contribution >= 4 is 131 Å². The van der Waals surface area contributed by atoms with Crippen LogP contribution in [0.5, 0.6) is 0 Å². The number of hydrogen-bond acceptors (Lipinski definition) is 51.